The van der Waals surface area contributed by atoms with E-state index < -0.39 is 9.84 Å². The van der Waals surface area contributed by atoms with Crippen molar-refractivity contribution in [3.63, 3.8) is 0 Å². The summed E-state index contributed by atoms with van der Waals surface area (Å²) in [7, 11) is -2.98. The lowest BCUT2D eigenvalue weighted by molar-refractivity contribution is 0.0765. The zero-order chi connectivity index (χ0) is 13.5. The minimum absolute atomic E-state index is 0.0338. The Morgan fingerprint density at radius 3 is 2.63 bits per heavy atom. The van der Waals surface area contributed by atoms with Crippen LogP contribution in [0.3, 0.4) is 0 Å². The van der Waals surface area contributed by atoms with Gasteiger partial charge in [-0.3, -0.25) is 4.79 Å². The Morgan fingerprint density at radius 1 is 1.21 bits per heavy atom. The van der Waals surface area contributed by atoms with Crippen LogP contribution < -0.4 is 0 Å². The molecule has 1 fully saturated rings. The molecule has 2 aromatic rings. The topological polar surface area (TPSA) is 71.8 Å². The molecule has 1 saturated heterocycles. The smallest absolute Gasteiger partial charge is 0.274 e. The fraction of sp³-hybridized carbons (Fsp3) is 0.333. The third kappa shape index (κ3) is 2.33. The van der Waals surface area contributed by atoms with Crippen LogP contribution in [-0.4, -0.2) is 53.2 Å². The maximum absolute atomic E-state index is 12.2. The number of carbonyl (C=O) groups is 1. The second-order valence-corrected chi connectivity index (χ2v) is 6.84. The van der Waals surface area contributed by atoms with Crippen molar-refractivity contribution in [2.45, 2.75) is 0 Å². The SMILES string of the molecule is O=C(c1cn2ccccc2n1)N1CCS(=O)(=O)CC1. The van der Waals surface area contributed by atoms with Gasteiger partial charge in [0.25, 0.3) is 5.91 Å². The van der Waals surface area contributed by atoms with Gasteiger partial charge in [-0.05, 0) is 12.1 Å². The first-order chi connectivity index (χ1) is 9.05. The summed E-state index contributed by atoms with van der Waals surface area (Å²) in [6.45, 7) is 0.490. The van der Waals surface area contributed by atoms with Crippen molar-refractivity contribution < 1.29 is 13.2 Å². The van der Waals surface area contributed by atoms with E-state index in [2.05, 4.69) is 4.98 Å². The van der Waals surface area contributed by atoms with Crippen molar-refractivity contribution >= 4 is 21.4 Å². The van der Waals surface area contributed by atoms with Crippen molar-refractivity contribution in [1.29, 1.82) is 0 Å². The molecule has 0 aliphatic carbocycles. The van der Waals surface area contributed by atoms with Crippen LogP contribution in [0.2, 0.25) is 0 Å². The van der Waals surface area contributed by atoms with Crippen LogP contribution >= 0.6 is 0 Å². The van der Waals surface area contributed by atoms with Crippen molar-refractivity contribution in [1.82, 2.24) is 14.3 Å². The molecule has 0 radical (unpaired) electrons. The Balaban J connectivity index is 1.84. The first kappa shape index (κ1) is 12.2. The fourth-order valence-corrected chi connectivity index (χ4v) is 3.32. The predicted octanol–water partition coefficient (Wildman–Crippen LogP) is 0.205. The number of hydrogen-bond donors (Lipinski definition) is 0. The van der Waals surface area contributed by atoms with Gasteiger partial charge in [-0.25, -0.2) is 13.4 Å². The number of aromatic nitrogens is 2. The number of rotatable bonds is 1. The van der Waals surface area contributed by atoms with Gasteiger partial charge in [0.15, 0.2) is 9.84 Å². The van der Waals surface area contributed by atoms with E-state index in [4.69, 9.17) is 0 Å². The normalized spacial score (nSPS) is 18.6. The summed E-state index contributed by atoms with van der Waals surface area (Å²) < 4.78 is 24.4. The van der Waals surface area contributed by atoms with E-state index in [9.17, 15) is 13.2 Å². The molecule has 0 saturated carbocycles. The van der Waals surface area contributed by atoms with Gasteiger partial charge in [0, 0.05) is 25.5 Å². The maximum atomic E-state index is 12.2. The molecule has 1 aliphatic rings. The average molecular weight is 279 g/mol. The van der Waals surface area contributed by atoms with E-state index in [1.807, 2.05) is 24.4 Å². The predicted molar refractivity (Wildman–Crippen MR) is 69.7 cm³/mol. The number of sulfone groups is 1. The summed E-state index contributed by atoms with van der Waals surface area (Å²) in [6.07, 6.45) is 3.49. The summed E-state index contributed by atoms with van der Waals surface area (Å²) >= 11 is 0. The van der Waals surface area contributed by atoms with Gasteiger partial charge in [0.05, 0.1) is 11.5 Å². The van der Waals surface area contributed by atoms with E-state index >= 15 is 0 Å². The Labute approximate surface area is 110 Å². The number of imidazole rings is 1. The number of carbonyl (C=O) groups excluding carboxylic acids is 1. The zero-order valence-corrected chi connectivity index (χ0v) is 11.0. The summed E-state index contributed by atoms with van der Waals surface area (Å²) in [4.78, 5) is 18.0. The number of pyridine rings is 1. The van der Waals surface area contributed by atoms with Crippen molar-refractivity contribution in [2.75, 3.05) is 24.6 Å². The number of nitrogens with zero attached hydrogens (tertiary/aromatic N) is 3. The van der Waals surface area contributed by atoms with E-state index in [1.165, 1.54) is 0 Å². The number of hydrogen-bond acceptors (Lipinski definition) is 4. The molecule has 0 bridgehead atoms. The minimum atomic E-state index is -2.98. The summed E-state index contributed by atoms with van der Waals surface area (Å²) in [5, 5.41) is 0. The molecule has 7 heteroatoms. The van der Waals surface area contributed by atoms with Gasteiger partial charge < -0.3 is 9.30 Å². The van der Waals surface area contributed by atoms with Crippen LogP contribution in [0.25, 0.3) is 5.65 Å². The van der Waals surface area contributed by atoms with E-state index in [0.717, 1.165) is 0 Å². The second kappa shape index (κ2) is 4.34. The molecule has 6 nitrogen and oxygen atoms in total. The van der Waals surface area contributed by atoms with Gasteiger partial charge in [-0.15, -0.1) is 0 Å². The standard InChI is InChI=1S/C12H13N3O3S/c16-12(14-5-7-19(17,18)8-6-14)10-9-15-4-2-1-3-11(15)13-10/h1-4,9H,5-8H2. The Hall–Kier alpha value is -1.89. The first-order valence-corrected chi connectivity index (χ1v) is 7.81. The number of amides is 1. The summed E-state index contributed by atoms with van der Waals surface area (Å²) in [5.74, 6) is -0.142. The van der Waals surface area contributed by atoms with E-state index in [-0.39, 0.29) is 30.5 Å². The lowest BCUT2D eigenvalue weighted by Gasteiger charge is -2.25. The molecule has 2 aromatic heterocycles. The highest BCUT2D eigenvalue weighted by Crippen LogP contribution is 2.11. The zero-order valence-electron chi connectivity index (χ0n) is 10.2. The quantitative estimate of drug-likeness (QED) is 0.748. The Morgan fingerprint density at radius 2 is 1.95 bits per heavy atom. The molecule has 100 valence electrons. The van der Waals surface area contributed by atoms with Crippen LogP contribution in [0, 0.1) is 0 Å². The molecule has 0 aromatic carbocycles. The molecule has 3 heterocycles. The maximum Gasteiger partial charge on any atom is 0.274 e. The third-order valence-corrected chi connectivity index (χ3v) is 4.82. The minimum Gasteiger partial charge on any atom is -0.335 e. The van der Waals surface area contributed by atoms with Gasteiger partial charge in [0.1, 0.15) is 11.3 Å². The van der Waals surface area contributed by atoms with Crippen LogP contribution in [-0.2, 0) is 9.84 Å². The molecular formula is C12H13N3O3S. The molecule has 1 amide bonds. The monoisotopic (exact) mass is 279 g/mol. The molecule has 0 spiro atoms. The summed E-state index contributed by atoms with van der Waals surface area (Å²) in [5.41, 5.74) is 1.06. The van der Waals surface area contributed by atoms with Gasteiger partial charge in [0.2, 0.25) is 0 Å². The summed E-state index contributed by atoms with van der Waals surface area (Å²) in [6, 6.07) is 5.53. The average Bonchev–Trinajstić information content (AvgIpc) is 2.81. The molecule has 0 N–H and O–H groups in total. The van der Waals surface area contributed by atoms with Crippen molar-refractivity contribution in [3.05, 3.63) is 36.3 Å². The first-order valence-electron chi connectivity index (χ1n) is 5.99. The lowest BCUT2D eigenvalue weighted by Crippen LogP contribution is -2.43. The van der Waals surface area contributed by atoms with Crippen molar-refractivity contribution in [3.8, 4) is 0 Å². The molecule has 19 heavy (non-hydrogen) atoms. The Bertz CT molecular complexity index is 689. The molecular weight excluding hydrogens is 266 g/mol. The van der Waals surface area contributed by atoms with Gasteiger partial charge in [-0.1, -0.05) is 6.07 Å². The van der Waals surface area contributed by atoms with Crippen LogP contribution in [0.5, 0.6) is 0 Å². The third-order valence-electron chi connectivity index (χ3n) is 3.21. The van der Waals surface area contributed by atoms with Gasteiger partial charge >= 0.3 is 0 Å². The van der Waals surface area contributed by atoms with E-state index in [1.54, 1.807) is 15.5 Å². The molecule has 1 aliphatic heterocycles. The highest BCUT2D eigenvalue weighted by atomic mass is 32.2. The number of fused-ring (bicyclic) bond motifs is 1. The highest BCUT2D eigenvalue weighted by Gasteiger charge is 2.26. The lowest BCUT2D eigenvalue weighted by atomic mass is 10.4. The highest BCUT2D eigenvalue weighted by molar-refractivity contribution is 7.91. The molecule has 3 rings (SSSR count). The molecule has 0 atom stereocenters. The van der Waals surface area contributed by atoms with Crippen LogP contribution in [0.15, 0.2) is 30.6 Å². The van der Waals surface area contributed by atoms with Crippen LogP contribution in [0.4, 0.5) is 0 Å². The second-order valence-electron chi connectivity index (χ2n) is 4.54. The Kier molecular flexibility index (Phi) is 2.78. The van der Waals surface area contributed by atoms with Crippen LogP contribution in [0.1, 0.15) is 10.5 Å². The van der Waals surface area contributed by atoms with Gasteiger partial charge in [-0.2, -0.15) is 0 Å². The largest absolute Gasteiger partial charge is 0.335 e. The van der Waals surface area contributed by atoms with Crippen molar-refractivity contribution in [2.24, 2.45) is 0 Å². The molecule has 0 unspecified atom stereocenters. The van der Waals surface area contributed by atoms with E-state index in [0.29, 0.717) is 11.3 Å². The fourth-order valence-electron chi connectivity index (χ4n) is 2.12.